The minimum absolute atomic E-state index is 0.0646. The topological polar surface area (TPSA) is 103 Å². The number of rotatable bonds is 9. The number of sulfonamides is 1. The summed E-state index contributed by atoms with van der Waals surface area (Å²) in [7, 11) is -3.36. The molecule has 11 heteroatoms. The van der Waals surface area contributed by atoms with Gasteiger partial charge >= 0.3 is 0 Å². The summed E-state index contributed by atoms with van der Waals surface area (Å²) in [6.07, 6.45) is 3.24. The van der Waals surface area contributed by atoms with Crippen LogP contribution in [0.2, 0.25) is 0 Å². The summed E-state index contributed by atoms with van der Waals surface area (Å²) >= 11 is 2.97. The molecule has 1 fully saturated rings. The summed E-state index contributed by atoms with van der Waals surface area (Å²) in [5, 5.41) is 11.1. The Hall–Kier alpha value is -2.21. The van der Waals surface area contributed by atoms with E-state index in [1.807, 2.05) is 24.4 Å². The molecule has 0 unspecified atom stereocenters. The zero-order valence-electron chi connectivity index (χ0n) is 17.7. The van der Waals surface area contributed by atoms with E-state index in [0.29, 0.717) is 23.0 Å². The monoisotopic (exact) mass is 492 g/mol. The lowest BCUT2D eigenvalue weighted by atomic mass is 10.1. The van der Waals surface area contributed by atoms with E-state index in [-0.39, 0.29) is 11.9 Å². The van der Waals surface area contributed by atoms with Crippen molar-refractivity contribution in [2.24, 2.45) is 0 Å². The van der Waals surface area contributed by atoms with E-state index < -0.39 is 15.3 Å². The molecule has 3 aromatic rings. The van der Waals surface area contributed by atoms with Gasteiger partial charge in [-0.15, -0.1) is 21.5 Å². The molecule has 2 atom stereocenters. The van der Waals surface area contributed by atoms with E-state index in [0.717, 1.165) is 36.4 Å². The maximum absolute atomic E-state index is 13.0. The molecule has 0 bridgehead atoms. The summed E-state index contributed by atoms with van der Waals surface area (Å²) in [4.78, 5) is 14.0. The number of thioether (sulfide) groups is 1. The number of carbonyl (C=O) groups is 1. The minimum Gasteiger partial charge on any atom is -0.376 e. The number of thiophene rings is 1. The van der Waals surface area contributed by atoms with Crippen LogP contribution in [0, 0.1) is 0 Å². The van der Waals surface area contributed by atoms with Crippen LogP contribution in [0.1, 0.15) is 30.1 Å². The van der Waals surface area contributed by atoms with Gasteiger partial charge in [-0.2, -0.15) is 0 Å². The van der Waals surface area contributed by atoms with Crippen LogP contribution < -0.4 is 4.72 Å². The average Bonchev–Trinajstić information content (AvgIpc) is 3.50. The third-order valence-corrected chi connectivity index (χ3v) is 7.55. The second kappa shape index (κ2) is 9.74. The summed E-state index contributed by atoms with van der Waals surface area (Å²) in [5.74, 6) is 0.721. The molecule has 1 aliphatic rings. The van der Waals surface area contributed by atoms with Gasteiger partial charge in [0.1, 0.15) is 0 Å². The summed E-state index contributed by atoms with van der Waals surface area (Å²) in [6.45, 7) is 3.25. The van der Waals surface area contributed by atoms with Crippen molar-refractivity contribution in [3.05, 3.63) is 47.3 Å². The second-order valence-corrected chi connectivity index (χ2v) is 11.6. The standard InChI is InChI=1S/C21H24N4O4S3/c1-14(19(26)15-7-9-16(10-8-15)24-32(2,27)28)31-21-23-22-20(18-6-4-12-30-18)25(21)13-17-5-3-11-29-17/h4,6-10,12,14,17,24H,3,5,11,13H2,1-2H3/t14-,17+/m0/s1. The SMILES string of the molecule is C[C@H](Sc1nnc(-c2cccs2)n1C[C@H]1CCCO1)C(=O)c1ccc(NS(C)(=O)=O)cc1. The van der Waals surface area contributed by atoms with Crippen LogP contribution in [0.3, 0.4) is 0 Å². The zero-order valence-corrected chi connectivity index (χ0v) is 20.2. The lowest BCUT2D eigenvalue weighted by molar-refractivity contribution is 0.0953. The Morgan fingerprint density at radius 3 is 2.72 bits per heavy atom. The van der Waals surface area contributed by atoms with Gasteiger partial charge in [-0.25, -0.2) is 8.42 Å². The zero-order chi connectivity index (χ0) is 22.7. The molecule has 3 heterocycles. The maximum Gasteiger partial charge on any atom is 0.229 e. The summed E-state index contributed by atoms with van der Waals surface area (Å²) in [6, 6.07) is 10.4. The lowest BCUT2D eigenvalue weighted by Gasteiger charge is -2.16. The Bertz CT molecular complexity index is 1170. The van der Waals surface area contributed by atoms with Crippen molar-refractivity contribution >= 4 is 44.6 Å². The van der Waals surface area contributed by atoms with Crippen molar-refractivity contribution in [1.29, 1.82) is 0 Å². The number of hydrogen-bond donors (Lipinski definition) is 1. The molecule has 170 valence electrons. The first-order valence-electron chi connectivity index (χ1n) is 10.2. The minimum atomic E-state index is -3.36. The van der Waals surface area contributed by atoms with E-state index in [9.17, 15) is 13.2 Å². The van der Waals surface area contributed by atoms with Crippen molar-refractivity contribution in [3.8, 4) is 10.7 Å². The van der Waals surface area contributed by atoms with Gasteiger partial charge in [-0.05, 0) is 55.5 Å². The van der Waals surface area contributed by atoms with Gasteiger partial charge in [-0.1, -0.05) is 17.8 Å². The molecular weight excluding hydrogens is 468 g/mol. The number of nitrogens with zero attached hydrogens (tertiary/aromatic N) is 3. The Labute approximate surface area is 195 Å². The molecule has 1 aromatic carbocycles. The number of Topliss-reactive ketones (excluding diaryl/α,β-unsaturated/α-hetero) is 1. The maximum atomic E-state index is 13.0. The molecular formula is C21H24N4O4S3. The van der Waals surface area contributed by atoms with Gasteiger partial charge in [0.2, 0.25) is 10.0 Å². The van der Waals surface area contributed by atoms with Crippen LogP contribution in [-0.2, 0) is 21.3 Å². The van der Waals surface area contributed by atoms with Crippen molar-refractivity contribution in [3.63, 3.8) is 0 Å². The van der Waals surface area contributed by atoms with Gasteiger partial charge in [0.05, 0.1) is 29.0 Å². The number of nitrogens with one attached hydrogen (secondary N) is 1. The fraction of sp³-hybridized carbons (Fsp3) is 0.381. The molecule has 0 aliphatic carbocycles. The molecule has 0 saturated carbocycles. The average molecular weight is 493 g/mol. The molecule has 1 N–H and O–H groups in total. The number of benzene rings is 1. The number of ketones is 1. The molecule has 0 spiro atoms. The van der Waals surface area contributed by atoms with Crippen LogP contribution >= 0.6 is 23.1 Å². The number of hydrogen-bond acceptors (Lipinski definition) is 8. The van der Waals surface area contributed by atoms with E-state index in [4.69, 9.17) is 4.74 Å². The first-order chi connectivity index (χ1) is 15.3. The second-order valence-electron chi connectivity index (χ2n) is 7.61. The molecule has 32 heavy (non-hydrogen) atoms. The van der Waals surface area contributed by atoms with Crippen LogP contribution in [0.4, 0.5) is 5.69 Å². The van der Waals surface area contributed by atoms with Crippen LogP contribution in [0.25, 0.3) is 10.7 Å². The lowest BCUT2D eigenvalue weighted by Crippen LogP contribution is -2.19. The summed E-state index contributed by atoms with van der Waals surface area (Å²) in [5.41, 5.74) is 0.925. The fourth-order valence-electron chi connectivity index (χ4n) is 3.48. The first-order valence-corrected chi connectivity index (χ1v) is 13.8. The van der Waals surface area contributed by atoms with E-state index >= 15 is 0 Å². The molecule has 1 aliphatic heterocycles. The fourth-order valence-corrected chi connectivity index (χ4v) is 5.70. The highest BCUT2D eigenvalue weighted by Gasteiger charge is 2.25. The largest absolute Gasteiger partial charge is 0.376 e. The van der Waals surface area contributed by atoms with Gasteiger partial charge in [0.15, 0.2) is 16.8 Å². The van der Waals surface area contributed by atoms with Crippen LogP contribution in [0.15, 0.2) is 46.9 Å². The van der Waals surface area contributed by atoms with Crippen LogP contribution in [0.5, 0.6) is 0 Å². The molecule has 1 saturated heterocycles. The van der Waals surface area contributed by atoms with Crippen molar-refractivity contribution in [2.75, 3.05) is 17.6 Å². The normalized spacial score (nSPS) is 17.4. The van der Waals surface area contributed by atoms with Gasteiger partial charge in [-0.3, -0.25) is 14.1 Å². The predicted molar refractivity (Wildman–Crippen MR) is 127 cm³/mol. The number of anilines is 1. The van der Waals surface area contributed by atoms with Gasteiger partial charge < -0.3 is 4.74 Å². The van der Waals surface area contributed by atoms with E-state index in [1.165, 1.54) is 11.8 Å². The van der Waals surface area contributed by atoms with E-state index in [1.54, 1.807) is 35.6 Å². The molecule has 2 aromatic heterocycles. The quantitative estimate of drug-likeness (QED) is 0.357. The highest BCUT2D eigenvalue weighted by Crippen LogP contribution is 2.31. The number of carbonyl (C=O) groups excluding carboxylic acids is 1. The van der Waals surface area contributed by atoms with Crippen molar-refractivity contribution in [2.45, 2.75) is 42.8 Å². The van der Waals surface area contributed by atoms with Crippen LogP contribution in [-0.4, -0.2) is 53.2 Å². The smallest absolute Gasteiger partial charge is 0.229 e. The molecule has 0 amide bonds. The molecule has 0 radical (unpaired) electrons. The first kappa shape index (κ1) is 23.0. The van der Waals surface area contributed by atoms with Crippen molar-refractivity contribution < 1.29 is 17.9 Å². The van der Waals surface area contributed by atoms with Gasteiger partial charge in [0, 0.05) is 17.9 Å². The Kier molecular flexibility index (Phi) is 6.99. The van der Waals surface area contributed by atoms with Gasteiger partial charge in [0.25, 0.3) is 0 Å². The molecule has 8 nitrogen and oxygen atoms in total. The Morgan fingerprint density at radius 2 is 2.09 bits per heavy atom. The Balaban J connectivity index is 1.52. The summed E-state index contributed by atoms with van der Waals surface area (Å²) < 4.78 is 33.0. The third-order valence-electron chi connectivity index (χ3n) is 4.99. The highest BCUT2D eigenvalue weighted by molar-refractivity contribution is 8.00. The predicted octanol–water partition coefficient (Wildman–Crippen LogP) is 3.92. The Morgan fingerprint density at radius 1 is 1.31 bits per heavy atom. The van der Waals surface area contributed by atoms with E-state index in [2.05, 4.69) is 19.5 Å². The number of ether oxygens (including phenoxy) is 1. The third kappa shape index (κ3) is 5.58. The van der Waals surface area contributed by atoms with Crippen molar-refractivity contribution in [1.82, 2.24) is 14.8 Å². The molecule has 4 rings (SSSR count). The number of aromatic nitrogens is 3. The highest BCUT2D eigenvalue weighted by atomic mass is 32.2.